The van der Waals surface area contributed by atoms with Crippen LogP contribution in [0, 0.1) is 5.41 Å². The Morgan fingerprint density at radius 1 is 1.54 bits per heavy atom. The van der Waals surface area contributed by atoms with Crippen LogP contribution in [-0.2, 0) is 9.53 Å². The fraction of sp³-hybridized carbons (Fsp3) is 0.700. The molecular weight excluding hydrogens is 166 g/mol. The van der Waals surface area contributed by atoms with Crippen LogP contribution in [0.3, 0.4) is 0 Å². The van der Waals surface area contributed by atoms with Gasteiger partial charge in [-0.3, -0.25) is 9.69 Å². The molecule has 0 saturated carbocycles. The smallest absolute Gasteiger partial charge is 0.323 e. The van der Waals surface area contributed by atoms with Gasteiger partial charge in [-0.2, -0.15) is 0 Å². The number of hydrogen-bond donors (Lipinski definition) is 0. The molecule has 1 atom stereocenters. The van der Waals surface area contributed by atoms with Crippen LogP contribution in [0.1, 0.15) is 13.8 Å². The molecule has 0 spiro atoms. The van der Waals surface area contributed by atoms with E-state index in [1.54, 1.807) is 6.08 Å². The maximum absolute atomic E-state index is 11.4. The number of hydrogen-bond acceptors (Lipinski definition) is 3. The summed E-state index contributed by atoms with van der Waals surface area (Å²) in [6.45, 7) is 7.64. The highest BCUT2D eigenvalue weighted by molar-refractivity contribution is 5.77. The van der Waals surface area contributed by atoms with Crippen molar-refractivity contribution < 1.29 is 9.53 Å². The van der Waals surface area contributed by atoms with E-state index in [-0.39, 0.29) is 17.4 Å². The highest BCUT2D eigenvalue weighted by Gasteiger charge is 2.35. The molecule has 0 aliphatic carbocycles. The molecule has 0 amide bonds. The molecule has 0 aliphatic heterocycles. The van der Waals surface area contributed by atoms with Crippen molar-refractivity contribution in [1.29, 1.82) is 0 Å². The zero-order valence-electron chi connectivity index (χ0n) is 9.13. The van der Waals surface area contributed by atoms with Crippen molar-refractivity contribution in [2.75, 3.05) is 21.2 Å². The number of methoxy groups -OCH3 is 1. The maximum Gasteiger partial charge on any atom is 0.323 e. The first-order valence-electron chi connectivity index (χ1n) is 4.24. The summed E-state index contributed by atoms with van der Waals surface area (Å²) in [5.74, 6) is -0.227. The Morgan fingerprint density at radius 2 is 2.00 bits per heavy atom. The molecule has 0 heterocycles. The number of likely N-dealkylation sites (N-methyl/N-ethyl adjacent to an activating group) is 1. The number of ether oxygens (including phenoxy) is 1. The first-order chi connectivity index (χ1) is 5.86. The Hall–Kier alpha value is -0.830. The summed E-state index contributed by atoms with van der Waals surface area (Å²) >= 11 is 0. The van der Waals surface area contributed by atoms with Gasteiger partial charge in [0, 0.05) is 5.41 Å². The first-order valence-corrected chi connectivity index (χ1v) is 4.24. The molecule has 0 aromatic rings. The quantitative estimate of drug-likeness (QED) is 0.488. The first kappa shape index (κ1) is 12.2. The average molecular weight is 185 g/mol. The summed E-state index contributed by atoms with van der Waals surface area (Å²) in [6, 6.07) is -0.282. The number of rotatable bonds is 4. The van der Waals surface area contributed by atoms with Gasteiger partial charge in [0.05, 0.1) is 7.11 Å². The van der Waals surface area contributed by atoms with Crippen LogP contribution in [-0.4, -0.2) is 38.1 Å². The van der Waals surface area contributed by atoms with Gasteiger partial charge in [-0.05, 0) is 14.1 Å². The fourth-order valence-corrected chi connectivity index (χ4v) is 1.40. The predicted molar refractivity (Wildman–Crippen MR) is 53.5 cm³/mol. The topological polar surface area (TPSA) is 29.5 Å². The predicted octanol–water partition coefficient (Wildman–Crippen LogP) is 1.30. The lowest BCUT2D eigenvalue weighted by Gasteiger charge is -2.33. The van der Waals surface area contributed by atoms with Gasteiger partial charge in [-0.1, -0.05) is 19.9 Å². The Kier molecular flexibility index (Phi) is 4.14. The van der Waals surface area contributed by atoms with Crippen LogP contribution in [0.15, 0.2) is 12.7 Å². The van der Waals surface area contributed by atoms with Crippen molar-refractivity contribution in [2.45, 2.75) is 19.9 Å². The van der Waals surface area contributed by atoms with Gasteiger partial charge in [-0.15, -0.1) is 6.58 Å². The van der Waals surface area contributed by atoms with Crippen molar-refractivity contribution in [2.24, 2.45) is 5.41 Å². The van der Waals surface area contributed by atoms with E-state index < -0.39 is 0 Å². The monoisotopic (exact) mass is 185 g/mol. The van der Waals surface area contributed by atoms with E-state index in [0.29, 0.717) is 0 Å². The van der Waals surface area contributed by atoms with Gasteiger partial charge in [0.2, 0.25) is 0 Å². The minimum atomic E-state index is -0.282. The molecule has 0 rings (SSSR count). The van der Waals surface area contributed by atoms with Crippen molar-refractivity contribution in [3.63, 3.8) is 0 Å². The molecule has 3 heteroatoms. The van der Waals surface area contributed by atoms with Crippen LogP contribution in [0.2, 0.25) is 0 Å². The number of esters is 1. The van der Waals surface area contributed by atoms with E-state index in [9.17, 15) is 4.79 Å². The lowest BCUT2D eigenvalue weighted by molar-refractivity contribution is -0.149. The molecule has 0 N–H and O–H groups in total. The molecule has 76 valence electrons. The summed E-state index contributed by atoms with van der Waals surface area (Å²) < 4.78 is 4.73. The Morgan fingerprint density at radius 3 is 2.23 bits per heavy atom. The normalized spacial score (nSPS) is 14.0. The van der Waals surface area contributed by atoms with Crippen LogP contribution < -0.4 is 0 Å². The zero-order chi connectivity index (χ0) is 10.6. The lowest BCUT2D eigenvalue weighted by Crippen LogP contribution is -2.46. The van der Waals surface area contributed by atoms with Crippen LogP contribution >= 0.6 is 0 Å². The summed E-state index contributed by atoms with van der Waals surface area (Å²) in [7, 11) is 5.11. The van der Waals surface area contributed by atoms with Crippen LogP contribution in [0.4, 0.5) is 0 Å². The second-order valence-corrected chi connectivity index (χ2v) is 3.91. The largest absolute Gasteiger partial charge is 0.468 e. The molecule has 1 unspecified atom stereocenters. The minimum absolute atomic E-state index is 0.227. The summed E-state index contributed by atoms with van der Waals surface area (Å²) in [5.41, 5.74) is -0.281. The summed E-state index contributed by atoms with van der Waals surface area (Å²) in [5, 5.41) is 0. The SMILES string of the molecule is C=CC(C)(C)C(C(=O)OC)N(C)C. The van der Waals surface area contributed by atoms with Crippen molar-refractivity contribution in [3.05, 3.63) is 12.7 Å². The molecule has 0 aliphatic rings. The molecule has 0 saturated heterocycles. The van der Waals surface area contributed by atoms with E-state index in [4.69, 9.17) is 4.74 Å². The van der Waals surface area contributed by atoms with E-state index in [2.05, 4.69) is 6.58 Å². The van der Waals surface area contributed by atoms with Gasteiger partial charge in [0.1, 0.15) is 6.04 Å². The maximum atomic E-state index is 11.4. The summed E-state index contributed by atoms with van der Waals surface area (Å²) in [6.07, 6.45) is 1.77. The summed E-state index contributed by atoms with van der Waals surface area (Å²) in [4.78, 5) is 13.3. The van der Waals surface area contributed by atoms with Gasteiger partial charge in [0.25, 0.3) is 0 Å². The molecule has 0 bridgehead atoms. The number of carbonyl (C=O) groups is 1. The third kappa shape index (κ3) is 2.84. The van der Waals surface area contributed by atoms with Gasteiger partial charge in [-0.25, -0.2) is 0 Å². The van der Waals surface area contributed by atoms with Crippen molar-refractivity contribution in [3.8, 4) is 0 Å². The van der Waals surface area contributed by atoms with Gasteiger partial charge >= 0.3 is 5.97 Å². The molecule has 0 aromatic carbocycles. The van der Waals surface area contributed by atoms with Gasteiger partial charge < -0.3 is 4.74 Å². The third-order valence-electron chi connectivity index (χ3n) is 2.17. The third-order valence-corrected chi connectivity index (χ3v) is 2.17. The number of nitrogens with zero attached hydrogens (tertiary/aromatic N) is 1. The fourth-order valence-electron chi connectivity index (χ4n) is 1.40. The highest BCUT2D eigenvalue weighted by Crippen LogP contribution is 2.25. The minimum Gasteiger partial charge on any atom is -0.468 e. The second kappa shape index (κ2) is 4.42. The van der Waals surface area contributed by atoms with Gasteiger partial charge in [0.15, 0.2) is 0 Å². The highest BCUT2D eigenvalue weighted by atomic mass is 16.5. The van der Waals surface area contributed by atoms with E-state index >= 15 is 0 Å². The molecular formula is C10H19NO2. The molecule has 13 heavy (non-hydrogen) atoms. The molecule has 3 nitrogen and oxygen atoms in total. The second-order valence-electron chi connectivity index (χ2n) is 3.91. The average Bonchev–Trinajstić information content (AvgIpc) is 2.03. The molecule has 0 aromatic heterocycles. The standard InChI is InChI=1S/C10H19NO2/c1-7-10(2,3)8(11(4)5)9(12)13-6/h7-8H,1H2,2-6H3. The van der Waals surface area contributed by atoms with Crippen molar-refractivity contribution >= 4 is 5.97 Å². The van der Waals surface area contributed by atoms with E-state index in [1.165, 1.54) is 7.11 Å². The van der Waals surface area contributed by atoms with E-state index in [1.807, 2.05) is 32.8 Å². The lowest BCUT2D eigenvalue weighted by atomic mass is 9.84. The molecule has 0 fully saturated rings. The Labute approximate surface area is 80.4 Å². The molecule has 0 radical (unpaired) electrons. The van der Waals surface area contributed by atoms with Crippen molar-refractivity contribution in [1.82, 2.24) is 4.90 Å². The van der Waals surface area contributed by atoms with E-state index in [0.717, 1.165) is 0 Å². The van der Waals surface area contributed by atoms with Crippen LogP contribution in [0.5, 0.6) is 0 Å². The Balaban J connectivity index is 4.80. The Bertz CT molecular complexity index is 197. The zero-order valence-corrected chi connectivity index (χ0v) is 9.13. The van der Waals surface area contributed by atoms with Crippen LogP contribution in [0.25, 0.3) is 0 Å². The number of carbonyl (C=O) groups excluding carboxylic acids is 1.